The van der Waals surface area contributed by atoms with Gasteiger partial charge in [0.15, 0.2) is 0 Å². The van der Waals surface area contributed by atoms with Gasteiger partial charge in [-0.1, -0.05) is 24.3 Å². The van der Waals surface area contributed by atoms with Gasteiger partial charge >= 0.3 is 0 Å². The predicted octanol–water partition coefficient (Wildman–Crippen LogP) is 4.26. The molecule has 0 saturated carbocycles. The number of carbonyl (C=O) groups excluding carboxylic acids is 1. The zero-order chi connectivity index (χ0) is 17.9. The Balaban J connectivity index is 2.16. The third-order valence-corrected chi connectivity index (χ3v) is 4.65. The number of amides is 1. The maximum Gasteiger partial charge on any atom is 0.270 e. The molecule has 0 unspecified atom stereocenters. The van der Waals surface area contributed by atoms with E-state index in [2.05, 4.69) is 11.4 Å². The van der Waals surface area contributed by atoms with E-state index < -0.39 is 10.5 Å². The van der Waals surface area contributed by atoms with Crippen LogP contribution >= 0.6 is 22.6 Å². The molecule has 0 atom stereocenters. The summed E-state index contributed by atoms with van der Waals surface area (Å²) >= 11 is 1.95. The van der Waals surface area contributed by atoms with Gasteiger partial charge < -0.3 is 5.32 Å². The minimum absolute atomic E-state index is 0.0184. The summed E-state index contributed by atoms with van der Waals surface area (Å²) in [6, 6.07) is 12.3. The topological polar surface area (TPSA) is 72.2 Å². The molecule has 0 heterocycles. The number of rotatable bonds is 5. The molecule has 1 N–H and O–H groups in total. The van der Waals surface area contributed by atoms with Crippen LogP contribution in [0.4, 0.5) is 5.69 Å². The van der Waals surface area contributed by atoms with Gasteiger partial charge in [-0.3, -0.25) is 14.9 Å². The summed E-state index contributed by atoms with van der Waals surface area (Å²) < 4.78 is 0.561. The molecule has 6 heteroatoms. The average molecular weight is 438 g/mol. The Hall–Kier alpha value is -1.96. The Morgan fingerprint density at radius 3 is 2.50 bits per heavy atom. The van der Waals surface area contributed by atoms with Crippen molar-refractivity contribution in [1.82, 2.24) is 5.32 Å². The fraction of sp³-hybridized carbons (Fsp3) is 0.278. The Labute approximate surface area is 154 Å². The van der Waals surface area contributed by atoms with Crippen molar-refractivity contribution in [1.29, 1.82) is 0 Å². The number of nitro groups is 1. The van der Waals surface area contributed by atoms with Gasteiger partial charge in [0, 0.05) is 21.2 Å². The maximum atomic E-state index is 12.6. The van der Waals surface area contributed by atoms with Gasteiger partial charge in [0.1, 0.15) is 0 Å². The molecule has 0 spiro atoms. The van der Waals surface area contributed by atoms with Crippen molar-refractivity contribution in [3.8, 4) is 0 Å². The van der Waals surface area contributed by atoms with Crippen molar-refractivity contribution in [3.05, 3.63) is 72.8 Å². The summed E-state index contributed by atoms with van der Waals surface area (Å²) in [6.07, 6.45) is 0.703. The van der Waals surface area contributed by atoms with E-state index in [0.717, 1.165) is 0 Å². The minimum Gasteiger partial charge on any atom is -0.347 e. The van der Waals surface area contributed by atoms with Gasteiger partial charge in [-0.2, -0.15) is 0 Å². The van der Waals surface area contributed by atoms with Gasteiger partial charge in [-0.15, -0.1) is 0 Å². The number of nitrogens with one attached hydrogen (secondary N) is 1. The number of nitro benzene ring substituents is 1. The van der Waals surface area contributed by atoms with Gasteiger partial charge in [-0.05, 0) is 67.0 Å². The first-order valence-electron chi connectivity index (χ1n) is 7.50. The predicted molar refractivity (Wildman–Crippen MR) is 102 cm³/mol. The number of aryl methyl sites for hydroxylation is 1. The highest BCUT2D eigenvalue weighted by Crippen LogP contribution is 2.21. The van der Waals surface area contributed by atoms with Crippen LogP contribution in [-0.4, -0.2) is 16.4 Å². The molecule has 126 valence electrons. The molecule has 0 saturated heterocycles. The SMILES string of the molecule is Cc1ccccc1CC(C)(C)NC(=O)c1ccc([N+](=O)[O-])cc1I. The second-order valence-electron chi connectivity index (χ2n) is 6.36. The molecule has 0 fully saturated rings. The lowest BCUT2D eigenvalue weighted by molar-refractivity contribution is -0.384. The van der Waals surface area contributed by atoms with E-state index in [0.29, 0.717) is 15.6 Å². The summed E-state index contributed by atoms with van der Waals surface area (Å²) in [5.41, 5.74) is 2.36. The summed E-state index contributed by atoms with van der Waals surface area (Å²) in [7, 11) is 0. The second-order valence-corrected chi connectivity index (χ2v) is 7.52. The standard InChI is InChI=1S/C18H19IN2O3/c1-12-6-4-5-7-13(12)11-18(2,3)20-17(22)15-9-8-14(21(23)24)10-16(15)19/h4-10H,11H2,1-3H3,(H,20,22). The van der Waals surface area contributed by atoms with Crippen molar-refractivity contribution in [2.75, 3.05) is 0 Å². The Morgan fingerprint density at radius 2 is 1.92 bits per heavy atom. The zero-order valence-electron chi connectivity index (χ0n) is 13.8. The van der Waals surface area contributed by atoms with Crippen LogP contribution in [0.15, 0.2) is 42.5 Å². The molecular weight excluding hydrogens is 419 g/mol. The van der Waals surface area contributed by atoms with Gasteiger partial charge in [0.25, 0.3) is 11.6 Å². The van der Waals surface area contributed by atoms with Crippen LogP contribution in [0, 0.1) is 20.6 Å². The highest BCUT2D eigenvalue weighted by atomic mass is 127. The third-order valence-electron chi connectivity index (χ3n) is 3.75. The van der Waals surface area contributed by atoms with E-state index in [-0.39, 0.29) is 11.6 Å². The monoisotopic (exact) mass is 438 g/mol. The minimum atomic E-state index is -0.466. The van der Waals surface area contributed by atoms with E-state index in [1.165, 1.54) is 29.3 Å². The van der Waals surface area contributed by atoms with Crippen molar-refractivity contribution < 1.29 is 9.72 Å². The van der Waals surface area contributed by atoms with Crippen LogP contribution in [-0.2, 0) is 6.42 Å². The molecular formula is C18H19IN2O3. The fourth-order valence-corrected chi connectivity index (χ4v) is 3.25. The lowest BCUT2D eigenvalue weighted by atomic mass is 9.92. The van der Waals surface area contributed by atoms with Gasteiger partial charge in [0.2, 0.25) is 0 Å². The number of halogens is 1. The quantitative estimate of drug-likeness (QED) is 0.431. The first kappa shape index (κ1) is 18.4. The molecule has 0 aliphatic rings. The van der Waals surface area contributed by atoms with Crippen molar-refractivity contribution in [2.45, 2.75) is 32.7 Å². The van der Waals surface area contributed by atoms with E-state index in [1.807, 2.05) is 61.6 Å². The van der Waals surface area contributed by atoms with Crippen LogP contribution in [0.1, 0.15) is 35.3 Å². The summed E-state index contributed by atoms with van der Waals surface area (Å²) in [4.78, 5) is 22.9. The molecule has 5 nitrogen and oxygen atoms in total. The van der Waals surface area contributed by atoms with Crippen LogP contribution in [0.2, 0.25) is 0 Å². The van der Waals surface area contributed by atoms with Crippen LogP contribution in [0.25, 0.3) is 0 Å². The summed E-state index contributed by atoms with van der Waals surface area (Å²) in [5.74, 6) is -0.229. The zero-order valence-corrected chi connectivity index (χ0v) is 16.0. The van der Waals surface area contributed by atoms with E-state index >= 15 is 0 Å². The largest absolute Gasteiger partial charge is 0.347 e. The first-order valence-corrected chi connectivity index (χ1v) is 8.58. The van der Waals surface area contributed by atoms with Crippen molar-refractivity contribution in [2.24, 2.45) is 0 Å². The van der Waals surface area contributed by atoms with Crippen LogP contribution in [0.5, 0.6) is 0 Å². The Bertz CT molecular complexity index is 788. The number of nitrogens with zero attached hydrogens (tertiary/aromatic N) is 1. The molecule has 0 bridgehead atoms. The molecule has 0 aromatic heterocycles. The number of hydrogen-bond donors (Lipinski definition) is 1. The molecule has 2 rings (SSSR count). The van der Waals surface area contributed by atoms with E-state index in [4.69, 9.17) is 0 Å². The highest BCUT2D eigenvalue weighted by molar-refractivity contribution is 14.1. The number of hydrogen-bond acceptors (Lipinski definition) is 3. The fourth-order valence-electron chi connectivity index (χ4n) is 2.51. The van der Waals surface area contributed by atoms with Gasteiger partial charge in [0.05, 0.1) is 10.5 Å². The molecule has 1 amide bonds. The number of non-ortho nitro benzene ring substituents is 1. The normalized spacial score (nSPS) is 11.2. The van der Waals surface area contributed by atoms with Crippen LogP contribution in [0.3, 0.4) is 0 Å². The second kappa shape index (κ2) is 7.29. The number of carbonyl (C=O) groups is 1. The average Bonchev–Trinajstić information content (AvgIpc) is 2.48. The van der Waals surface area contributed by atoms with Crippen molar-refractivity contribution in [3.63, 3.8) is 0 Å². The lowest BCUT2D eigenvalue weighted by Gasteiger charge is -2.27. The molecule has 0 aliphatic carbocycles. The van der Waals surface area contributed by atoms with E-state index in [1.54, 1.807) is 0 Å². The Morgan fingerprint density at radius 1 is 1.25 bits per heavy atom. The first-order chi connectivity index (χ1) is 11.2. The summed E-state index contributed by atoms with van der Waals surface area (Å²) in [6.45, 7) is 5.98. The van der Waals surface area contributed by atoms with E-state index in [9.17, 15) is 14.9 Å². The van der Waals surface area contributed by atoms with Gasteiger partial charge in [-0.25, -0.2) is 0 Å². The molecule has 24 heavy (non-hydrogen) atoms. The molecule has 0 aliphatic heterocycles. The lowest BCUT2D eigenvalue weighted by Crippen LogP contribution is -2.45. The maximum absolute atomic E-state index is 12.6. The highest BCUT2D eigenvalue weighted by Gasteiger charge is 2.24. The number of benzene rings is 2. The van der Waals surface area contributed by atoms with Crippen molar-refractivity contribution >= 4 is 34.2 Å². The molecule has 2 aromatic rings. The summed E-state index contributed by atoms with van der Waals surface area (Å²) in [5, 5.41) is 13.8. The third kappa shape index (κ3) is 4.53. The van der Waals surface area contributed by atoms with Crippen LogP contribution < -0.4 is 5.32 Å². The molecule has 0 radical (unpaired) electrons. The Kier molecular flexibility index (Phi) is 5.58. The smallest absolute Gasteiger partial charge is 0.270 e. The molecule has 2 aromatic carbocycles.